The molecule has 0 bridgehead atoms. The van der Waals surface area contributed by atoms with E-state index in [1.165, 1.54) is 6.39 Å². The van der Waals surface area contributed by atoms with Gasteiger partial charge in [-0.1, -0.05) is 12.1 Å². The van der Waals surface area contributed by atoms with Crippen LogP contribution in [0, 0.1) is 5.92 Å². The SMILES string of the molecule is O=C(Nc1cc2cc(-c3cnco3)ccc2cn1)[C@@H]1CCCNC1. The van der Waals surface area contributed by atoms with Crippen LogP contribution in [0.3, 0.4) is 0 Å². The molecule has 6 heteroatoms. The molecule has 6 nitrogen and oxygen atoms in total. The highest BCUT2D eigenvalue weighted by atomic mass is 16.3. The fourth-order valence-electron chi connectivity index (χ4n) is 3.02. The van der Waals surface area contributed by atoms with Crippen LogP contribution in [0.25, 0.3) is 22.1 Å². The van der Waals surface area contributed by atoms with Crippen molar-refractivity contribution in [2.45, 2.75) is 12.8 Å². The van der Waals surface area contributed by atoms with Gasteiger partial charge in [0.15, 0.2) is 12.2 Å². The largest absolute Gasteiger partial charge is 0.444 e. The number of rotatable bonds is 3. The highest BCUT2D eigenvalue weighted by molar-refractivity contribution is 5.95. The van der Waals surface area contributed by atoms with E-state index in [1.54, 1.807) is 12.4 Å². The minimum Gasteiger partial charge on any atom is -0.444 e. The van der Waals surface area contributed by atoms with Crippen molar-refractivity contribution < 1.29 is 9.21 Å². The standard InChI is InChI=1S/C18H18N4O2/c23-18(14-2-1-5-19-8-14)22-17-7-15-6-12(16-10-20-11-24-16)3-4-13(15)9-21-17/h3-4,6-7,9-11,14,19H,1-2,5,8H2,(H,21,22,23)/t14-/m1/s1. The second-order valence-electron chi connectivity index (χ2n) is 6.03. The number of benzene rings is 1. The molecule has 0 saturated carbocycles. The van der Waals surface area contributed by atoms with Gasteiger partial charge in [0.05, 0.1) is 12.1 Å². The fraction of sp³-hybridized carbons (Fsp3) is 0.278. The molecule has 3 heterocycles. The number of nitrogens with zero attached hydrogens (tertiary/aromatic N) is 2. The number of hydrogen-bond donors (Lipinski definition) is 2. The first kappa shape index (κ1) is 14.8. The van der Waals surface area contributed by atoms with Crippen molar-refractivity contribution in [3.8, 4) is 11.3 Å². The van der Waals surface area contributed by atoms with E-state index in [2.05, 4.69) is 20.6 Å². The van der Waals surface area contributed by atoms with Crippen LogP contribution in [-0.4, -0.2) is 29.0 Å². The molecule has 1 atom stereocenters. The summed E-state index contributed by atoms with van der Waals surface area (Å²) >= 11 is 0. The van der Waals surface area contributed by atoms with E-state index < -0.39 is 0 Å². The summed E-state index contributed by atoms with van der Waals surface area (Å²) in [6.07, 6.45) is 6.82. The molecule has 1 saturated heterocycles. The molecule has 1 aliphatic heterocycles. The molecule has 3 aromatic rings. The maximum Gasteiger partial charge on any atom is 0.229 e. The topological polar surface area (TPSA) is 80.1 Å². The predicted octanol–water partition coefficient (Wildman–Crippen LogP) is 2.83. The molecule has 0 spiro atoms. The number of piperidine rings is 1. The molecule has 2 N–H and O–H groups in total. The minimum absolute atomic E-state index is 0.0109. The van der Waals surface area contributed by atoms with Crippen LogP contribution in [0.5, 0.6) is 0 Å². The lowest BCUT2D eigenvalue weighted by atomic mass is 9.99. The van der Waals surface area contributed by atoms with Gasteiger partial charge in [0.25, 0.3) is 0 Å². The van der Waals surface area contributed by atoms with Gasteiger partial charge in [-0.15, -0.1) is 0 Å². The van der Waals surface area contributed by atoms with Crippen LogP contribution in [-0.2, 0) is 4.79 Å². The summed E-state index contributed by atoms with van der Waals surface area (Å²) in [5.41, 5.74) is 0.944. The Balaban J connectivity index is 1.58. The Hall–Kier alpha value is -2.73. The lowest BCUT2D eigenvalue weighted by Crippen LogP contribution is -2.37. The molecule has 24 heavy (non-hydrogen) atoms. The van der Waals surface area contributed by atoms with Gasteiger partial charge in [-0.05, 0) is 36.9 Å². The van der Waals surface area contributed by atoms with E-state index in [1.807, 2.05) is 24.3 Å². The number of pyridine rings is 1. The average molecular weight is 322 g/mol. The highest BCUT2D eigenvalue weighted by Crippen LogP contribution is 2.25. The summed E-state index contributed by atoms with van der Waals surface area (Å²) in [5.74, 6) is 1.33. The molecule has 1 fully saturated rings. The van der Waals surface area contributed by atoms with Gasteiger partial charge in [-0.3, -0.25) is 4.79 Å². The Morgan fingerprint density at radius 2 is 2.21 bits per heavy atom. The Morgan fingerprint density at radius 1 is 1.25 bits per heavy atom. The Labute approximate surface area is 139 Å². The van der Waals surface area contributed by atoms with Crippen LogP contribution >= 0.6 is 0 Å². The van der Waals surface area contributed by atoms with E-state index >= 15 is 0 Å². The number of amides is 1. The second-order valence-corrected chi connectivity index (χ2v) is 6.03. The Morgan fingerprint density at radius 3 is 3.00 bits per heavy atom. The molecule has 4 rings (SSSR count). The minimum atomic E-state index is 0.0109. The van der Waals surface area contributed by atoms with Crippen molar-refractivity contribution in [1.82, 2.24) is 15.3 Å². The van der Waals surface area contributed by atoms with Gasteiger partial charge >= 0.3 is 0 Å². The zero-order valence-corrected chi connectivity index (χ0v) is 13.2. The first-order valence-corrected chi connectivity index (χ1v) is 8.10. The van der Waals surface area contributed by atoms with Crippen molar-refractivity contribution in [2.75, 3.05) is 18.4 Å². The first-order valence-electron chi connectivity index (χ1n) is 8.10. The zero-order chi connectivity index (χ0) is 16.4. The van der Waals surface area contributed by atoms with Gasteiger partial charge in [-0.2, -0.15) is 0 Å². The molecule has 0 aliphatic carbocycles. The summed E-state index contributed by atoms with van der Waals surface area (Å²) in [7, 11) is 0. The number of oxazole rings is 1. The van der Waals surface area contributed by atoms with E-state index in [0.29, 0.717) is 11.6 Å². The lowest BCUT2D eigenvalue weighted by molar-refractivity contribution is -0.120. The van der Waals surface area contributed by atoms with Crippen LogP contribution < -0.4 is 10.6 Å². The van der Waals surface area contributed by atoms with E-state index in [-0.39, 0.29) is 11.8 Å². The maximum absolute atomic E-state index is 12.3. The summed E-state index contributed by atoms with van der Waals surface area (Å²) in [6, 6.07) is 7.85. The summed E-state index contributed by atoms with van der Waals surface area (Å²) in [6.45, 7) is 1.72. The third-order valence-electron chi connectivity index (χ3n) is 4.36. The summed E-state index contributed by atoms with van der Waals surface area (Å²) in [4.78, 5) is 20.6. The average Bonchev–Trinajstić information content (AvgIpc) is 3.16. The van der Waals surface area contributed by atoms with Crippen molar-refractivity contribution >= 4 is 22.5 Å². The molecular formula is C18H18N4O2. The molecular weight excluding hydrogens is 304 g/mol. The number of hydrogen-bond acceptors (Lipinski definition) is 5. The van der Waals surface area contributed by atoms with Crippen LogP contribution in [0.1, 0.15) is 12.8 Å². The highest BCUT2D eigenvalue weighted by Gasteiger charge is 2.21. The van der Waals surface area contributed by atoms with Crippen molar-refractivity contribution in [3.63, 3.8) is 0 Å². The van der Waals surface area contributed by atoms with Gasteiger partial charge in [0.2, 0.25) is 5.91 Å². The van der Waals surface area contributed by atoms with Crippen molar-refractivity contribution in [1.29, 1.82) is 0 Å². The number of carbonyl (C=O) groups is 1. The maximum atomic E-state index is 12.3. The zero-order valence-electron chi connectivity index (χ0n) is 13.2. The van der Waals surface area contributed by atoms with E-state index in [9.17, 15) is 4.79 Å². The molecule has 1 amide bonds. The molecule has 1 aliphatic rings. The van der Waals surface area contributed by atoms with Gasteiger partial charge in [0.1, 0.15) is 5.82 Å². The van der Waals surface area contributed by atoms with Crippen LogP contribution in [0.4, 0.5) is 5.82 Å². The molecule has 122 valence electrons. The molecule has 0 radical (unpaired) electrons. The first-order chi connectivity index (χ1) is 11.8. The van der Waals surface area contributed by atoms with E-state index in [4.69, 9.17) is 4.42 Å². The molecule has 0 unspecified atom stereocenters. The van der Waals surface area contributed by atoms with Crippen molar-refractivity contribution in [2.24, 2.45) is 5.92 Å². The number of fused-ring (bicyclic) bond motifs is 1. The smallest absolute Gasteiger partial charge is 0.229 e. The summed E-state index contributed by atoms with van der Waals surface area (Å²) < 4.78 is 5.34. The Bertz CT molecular complexity index is 855. The fourth-order valence-corrected chi connectivity index (χ4v) is 3.02. The number of carbonyl (C=O) groups excluding carboxylic acids is 1. The van der Waals surface area contributed by atoms with Gasteiger partial charge in [0, 0.05) is 23.7 Å². The monoisotopic (exact) mass is 322 g/mol. The number of nitrogens with one attached hydrogen (secondary N) is 2. The van der Waals surface area contributed by atoms with Gasteiger partial charge in [-0.25, -0.2) is 9.97 Å². The predicted molar refractivity (Wildman–Crippen MR) is 91.5 cm³/mol. The van der Waals surface area contributed by atoms with Crippen LogP contribution in [0.2, 0.25) is 0 Å². The third kappa shape index (κ3) is 3.00. The normalized spacial score (nSPS) is 17.8. The Kier molecular flexibility index (Phi) is 3.96. The second kappa shape index (κ2) is 6.41. The van der Waals surface area contributed by atoms with E-state index in [0.717, 1.165) is 42.3 Å². The lowest BCUT2D eigenvalue weighted by Gasteiger charge is -2.21. The molecule has 1 aromatic carbocycles. The molecule has 2 aromatic heterocycles. The number of aromatic nitrogens is 2. The quantitative estimate of drug-likeness (QED) is 0.775. The van der Waals surface area contributed by atoms with Crippen molar-refractivity contribution in [3.05, 3.63) is 43.1 Å². The number of anilines is 1. The summed E-state index contributed by atoms with van der Waals surface area (Å²) in [5, 5.41) is 8.19. The van der Waals surface area contributed by atoms with Gasteiger partial charge < -0.3 is 15.1 Å². The van der Waals surface area contributed by atoms with Crippen LogP contribution in [0.15, 0.2) is 47.5 Å². The third-order valence-corrected chi connectivity index (χ3v) is 4.36.